The SMILES string of the molecule is C=CCC1CC(C(=O)Oc2ccccc2)C1. The number of esters is 1. The summed E-state index contributed by atoms with van der Waals surface area (Å²) < 4.78 is 5.28. The van der Waals surface area contributed by atoms with Crippen LogP contribution in [-0.2, 0) is 4.79 Å². The molecule has 84 valence electrons. The maximum atomic E-state index is 11.7. The molecular weight excluding hydrogens is 200 g/mol. The van der Waals surface area contributed by atoms with E-state index < -0.39 is 0 Å². The Hall–Kier alpha value is -1.57. The van der Waals surface area contributed by atoms with Crippen LogP contribution in [0.3, 0.4) is 0 Å². The Bertz CT molecular complexity index is 364. The molecule has 1 aromatic rings. The van der Waals surface area contributed by atoms with Crippen molar-refractivity contribution < 1.29 is 9.53 Å². The zero-order chi connectivity index (χ0) is 11.4. The van der Waals surface area contributed by atoms with Crippen LogP contribution in [0.2, 0.25) is 0 Å². The van der Waals surface area contributed by atoms with Crippen LogP contribution < -0.4 is 4.74 Å². The number of hydrogen-bond donors (Lipinski definition) is 0. The standard InChI is InChI=1S/C14H16O2/c1-2-6-11-9-12(10-11)14(15)16-13-7-4-3-5-8-13/h2-5,7-8,11-12H,1,6,9-10H2. The molecule has 2 heteroatoms. The Labute approximate surface area is 95.9 Å². The van der Waals surface area contributed by atoms with Crippen molar-refractivity contribution in [1.82, 2.24) is 0 Å². The second-order valence-electron chi connectivity index (χ2n) is 4.29. The molecule has 1 aliphatic carbocycles. The first-order valence-corrected chi connectivity index (χ1v) is 5.67. The van der Waals surface area contributed by atoms with E-state index in [1.165, 1.54) is 0 Å². The van der Waals surface area contributed by atoms with Crippen molar-refractivity contribution in [3.8, 4) is 5.75 Å². The van der Waals surface area contributed by atoms with Gasteiger partial charge in [-0.05, 0) is 37.3 Å². The van der Waals surface area contributed by atoms with Gasteiger partial charge in [-0.1, -0.05) is 24.3 Å². The fourth-order valence-corrected chi connectivity index (χ4v) is 2.04. The highest BCUT2D eigenvalue weighted by atomic mass is 16.5. The summed E-state index contributed by atoms with van der Waals surface area (Å²) in [4.78, 5) is 11.7. The molecule has 1 aliphatic rings. The van der Waals surface area contributed by atoms with Crippen LogP contribution in [-0.4, -0.2) is 5.97 Å². The summed E-state index contributed by atoms with van der Waals surface area (Å²) in [6, 6.07) is 9.24. The van der Waals surface area contributed by atoms with Crippen molar-refractivity contribution in [1.29, 1.82) is 0 Å². The molecule has 0 radical (unpaired) electrons. The third kappa shape index (κ3) is 2.51. The van der Waals surface area contributed by atoms with Crippen molar-refractivity contribution in [3.05, 3.63) is 43.0 Å². The van der Waals surface area contributed by atoms with Crippen LogP contribution in [0.1, 0.15) is 19.3 Å². The van der Waals surface area contributed by atoms with Crippen molar-refractivity contribution in [3.63, 3.8) is 0 Å². The molecule has 0 aliphatic heterocycles. The lowest BCUT2D eigenvalue weighted by Crippen LogP contribution is -2.33. The molecule has 1 fully saturated rings. The summed E-state index contributed by atoms with van der Waals surface area (Å²) in [6.45, 7) is 3.70. The minimum Gasteiger partial charge on any atom is -0.426 e. The lowest BCUT2D eigenvalue weighted by Gasteiger charge is -2.32. The first kappa shape index (κ1) is 10.9. The molecule has 0 amide bonds. The molecule has 16 heavy (non-hydrogen) atoms. The van der Waals surface area contributed by atoms with Gasteiger partial charge in [0.2, 0.25) is 0 Å². The number of rotatable bonds is 4. The van der Waals surface area contributed by atoms with E-state index in [2.05, 4.69) is 6.58 Å². The lowest BCUT2D eigenvalue weighted by molar-refractivity contribution is -0.143. The second-order valence-corrected chi connectivity index (χ2v) is 4.29. The van der Waals surface area contributed by atoms with Crippen molar-refractivity contribution in [2.75, 3.05) is 0 Å². The van der Waals surface area contributed by atoms with E-state index in [0.717, 1.165) is 19.3 Å². The number of ether oxygens (including phenoxy) is 1. The van der Waals surface area contributed by atoms with Gasteiger partial charge in [0.25, 0.3) is 0 Å². The summed E-state index contributed by atoms with van der Waals surface area (Å²) in [7, 11) is 0. The summed E-state index contributed by atoms with van der Waals surface area (Å²) in [5, 5.41) is 0. The normalized spacial score (nSPS) is 23.2. The monoisotopic (exact) mass is 216 g/mol. The van der Waals surface area contributed by atoms with E-state index in [1.807, 2.05) is 24.3 Å². The van der Waals surface area contributed by atoms with Gasteiger partial charge in [0.15, 0.2) is 0 Å². The number of para-hydroxylation sites is 1. The predicted molar refractivity (Wildman–Crippen MR) is 63.1 cm³/mol. The predicted octanol–water partition coefficient (Wildman–Crippen LogP) is 3.19. The first-order valence-electron chi connectivity index (χ1n) is 5.67. The van der Waals surface area contributed by atoms with Gasteiger partial charge >= 0.3 is 5.97 Å². The summed E-state index contributed by atoms with van der Waals surface area (Å²) in [5.41, 5.74) is 0. The molecule has 0 heterocycles. The molecule has 0 atom stereocenters. The van der Waals surface area contributed by atoms with Gasteiger partial charge < -0.3 is 4.74 Å². The molecule has 0 saturated heterocycles. The molecule has 1 aromatic carbocycles. The zero-order valence-electron chi connectivity index (χ0n) is 9.26. The quantitative estimate of drug-likeness (QED) is 0.439. The lowest BCUT2D eigenvalue weighted by atomic mass is 9.73. The Morgan fingerprint density at radius 1 is 1.38 bits per heavy atom. The van der Waals surface area contributed by atoms with Crippen LogP contribution >= 0.6 is 0 Å². The van der Waals surface area contributed by atoms with E-state index in [1.54, 1.807) is 12.1 Å². The molecule has 0 aromatic heterocycles. The third-order valence-electron chi connectivity index (χ3n) is 3.03. The maximum absolute atomic E-state index is 11.7. The van der Waals surface area contributed by atoms with Gasteiger partial charge in [-0.15, -0.1) is 6.58 Å². The number of carbonyl (C=O) groups excluding carboxylic acids is 1. The van der Waals surface area contributed by atoms with E-state index in [0.29, 0.717) is 11.7 Å². The fraction of sp³-hybridized carbons (Fsp3) is 0.357. The number of hydrogen-bond acceptors (Lipinski definition) is 2. The molecule has 0 bridgehead atoms. The van der Waals surface area contributed by atoms with E-state index in [9.17, 15) is 4.79 Å². The van der Waals surface area contributed by atoms with E-state index >= 15 is 0 Å². The third-order valence-corrected chi connectivity index (χ3v) is 3.03. The summed E-state index contributed by atoms with van der Waals surface area (Å²) >= 11 is 0. The van der Waals surface area contributed by atoms with Gasteiger partial charge in [0, 0.05) is 0 Å². The second kappa shape index (κ2) is 4.97. The maximum Gasteiger partial charge on any atom is 0.314 e. The largest absolute Gasteiger partial charge is 0.426 e. The molecule has 0 spiro atoms. The summed E-state index contributed by atoms with van der Waals surface area (Å²) in [5.74, 6) is 1.27. The molecule has 0 unspecified atom stereocenters. The molecule has 0 N–H and O–H groups in total. The van der Waals surface area contributed by atoms with Crippen LogP contribution in [0.15, 0.2) is 43.0 Å². The van der Waals surface area contributed by atoms with Gasteiger partial charge in [0.05, 0.1) is 5.92 Å². The Balaban J connectivity index is 1.80. The number of carbonyl (C=O) groups is 1. The van der Waals surface area contributed by atoms with Gasteiger partial charge in [0.1, 0.15) is 5.75 Å². The van der Waals surface area contributed by atoms with Gasteiger partial charge in [-0.25, -0.2) is 0 Å². The van der Waals surface area contributed by atoms with Crippen LogP contribution in [0.4, 0.5) is 0 Å². The van der Waals surface area contributed by atoms with Crippen molar-refractivity contribution in [2.45, 2.75) is 19.3 Å². The van der Waals surface area contributed by atoms with Crippen molar-refractivity contribution >= 4 is 5.97 Å². The Morgan fingerprint density at radius 2 is 2.06 bits per heavy atom. The average molecular weight is 216 g/mol. The minimum absolute atomic E-state index is 0.0881. The first-order chi connectivity index (χ1) is 7.79. The Morgan fingerprint density at radius 3 is 2.69 bits per heavy atom. The highest BCUT2D eigenvalue weighted by Crippen LogP contribution is 2.37. The van der Waals surface area contributed by atoms with E-state index in [4.69, 9.17) is 4.74 Å². The molecular formula is C14H16O2. The molecule has 1 saturated carbocycles. The van der Waals surface area contributed by atoms with Crippen LogP contribution in [0.25, 0.3) is 0 Å². The number of allylic oxidation sites excluding steroid dienone is 1. The zero-order valence-corrected chi connectivity index (χ0v) is 9.26. The van der Waals surface area contributed by atoms with Gasteiger partial charge in [-0.2, -0.15) is 0 Å². The van der Waals surface area contributed by atoms with Crippen LogP contribution in [0, 0.1) is 11.8 Å². The summed E-state index contributed by atoms with van der Waals surface area (Å²) in [6.07, 6.45) is 4.81. The number of benzene rings is 1. The van der Waals surface area contributed by atoms with Gasteiger partial charge in [-0.3, -0.25) is 4.79 Å². The van der Waals surface area contributed by atoms with Crippen LogP contribution in [0.5, 0.6) is 5.75 Å². The molecule has 2 rings (SSSR count). The van der Waals surface area contributed by atoms with E-state index in [-0.39, 0.29) is 11.9 Å². The highest BCUT2D eigenvalue weighted by Gasteiger charge is 2.34. The average Bonchev–Trinajstić information content (AvgIpc) is 2.24. The van der Waals surface area contributed by atoms with Crippen molar-refractivity contribution in [2.24, 2.45) is 11.8 Å². The Kier molecular flexibility index (Phi) is 3.40. The topological polar surface area (TPSA) is 26.3 Å². The fourth-order valence-electron chi connectivity index (χ4n) is 2.04. The minimum atomic E-state index is -0.0912. The smallest absolute Gasteiger partial charge is 0.314 e. The highest BCUT2D eigenvalue weighted by molar-refractivity contribution is 5.76. The molecule has 2 nitrogen and oxygen atoms in total.